The van der Waals surface area contributed by atoms with Crippen LogP contribution in [0.2, 0.25) is 0 Å². The molecular weight excluding hydrogens is 228 g/mol. The monoisotopic (exact) mass is 244 g/mol. The molecule has 2 aromatic rings. The second-order valence-corrected chi connectivity index (χ2v) is 5.50. The molecule has 0 saturated carbocycles. The predicted octanol–water partition coefficient (Wildman–Crippen LogP) is 4.03. The van der Waals surface area contributed by atoms with Gasteiger partial charge in [0.1, 0.15) is 6.33 Å². The van der Waals surface area contributed by atoms with Crippen LogP contribution in [0.25, 0.3) is 11.1 Å². The molecule has 0 amide bonds. The van der Waals surface area contributed by atoms with Gasteiger partial charge in [-0.3, -0.25) is 0 Å². The molecule has 3 heteroatoms. The van der Waals surface area contributed by atoms with E-state index < -0.39 is 0 Å². The fourth-order valence-corrected chi connectivity index (χ4v) is 2.41. The average molecular weight is 244 g/mol. The van der Waals surface area contributed by atoms with Crippen molar-refractivity contribution in [2.45, 2.75) is 30.4 Å². The Morgan fingerprint density at radius 1 is 1.06 bits per heavy atom. The third kappa shape index (κ3) is 3.30. The molecule has 0 aliphatic carbocycles. The van der Waals surface area contributed by atoms with Crippen molar-refractivity contribution in [3.05, 3.63) is 43.0 Å². The summed E-state index contributed by atoms with van der Waals surface area (Å²) >= 11 is 1.92. The lowest BCUT2D eigenvalue weighted by molar-refractivity contribution is 0.906. The zero-order chi connectivity index (χ0) is 12.1. The van der Waals surface area contributed by atoms with Gasteiger partial charge in [-0.05, 0) is 24.1 Å². The second-order valence-electron chi connectivity index (χ2n) is 3.99. The van der Waals surface area contributed by atoms with Gasteiger partial charge in [-0.15, -0.1) is 11.8 Å². The van der Waals surface area contributed by atoms with E-state index in [2.05, 4.69) is 48.1 Å². The van der Waals surface area contributed by atoms with Gasteiger partial charge in [0.05, 0.1) is 0 Å². The zero-order valence-corrected chi connectivity index (χ0v) is 10.9. The number of thioether (sulfide) groups is 1. The van der Waals surface area contributed by atoms with Crippen LogP contribution >= 0.6 is 11.8 Å². The lowest BCUT2D eigenvalue weighted by Crippen LogP contribution is -1.91. The average Bonchev–Trinajstić information content (AvgIpc) is 2.40. The van der Waals surface area contributed by atoms with E-state index in [9.17, 15) is 0 Å². The Labute approximate surface area is 107 Å². The van der Waals surface area contributed by atoms with Gasteiger partial charge in [0.2, 0.25) is 0 Å². The minimum absolute atomic E-state index is 0.668. The molecule has 1 heterocycles. The molecule has 0 radical (unpaired) electrons. The summed E-state index contributed by atoms with van der Waals surface area (Å²) in [6, 6.07) is 8.59. The molecule has 88 valence electrons. The number of benzene rings is 1. The minimum Gasteiger partial charge on any atom is -0.244 e. The van der Waals surface area contributed by atoms with Crippen LogP contribution in [-0.4, -0.2) is 15.2 Å². The van der Waals surface area contributed by atoms with E-state index in [4.69, 9.17) is 0 Å². The standard InChI is InChI=1S/C14H16N2S/c1-3-11(2)17-14-6-4-12(5-7-14)13-8-15-10-16-9-13/h4-11H,3H2,1-2H3. The van der Waals surface area contributed by atoms with Gasteiger partial charge in [0, 0.05) is 28.1 Å². The molecule has 0 aliphatic heterocycles. The maximum absolute atomic E-state index is 4.03. The zero-order valence-electron chi connectivity index (χ0n) is 10.1. The van der Waals surface area contributed by atoms with E-state index in [0.29, 0.717) is 5.25 Å². The van der Waals surface area contributed by atoms with Crippen molar-refractivity contribution in [1.82, 2.24) is 9.97 Å². The quantitative estimate of drug-likeness (QED) is 0.759. The molecule has 1 atom stereocenters. The van der Waals surface area contributed by atoms with Crippen molar-refractivity contribution in [2.24, 2.45) is 0 Å². The molecule has 1 unspecified atom stereocenters. The highest BCUT2D eigenvalue weighted by atomic mass is 32.2. The second kappa shape index (κ2) is 5.82. The van der Waals surface area contributed by atoms with Crippen LogP contribution in [-0.2, 0) is 0 Å². The molecule has 1 aromatic heterocycles. The summed E-state index contributed by atoms with van der Waals surface area (Å²) in [5, 5.41) is 0.668. The third-order valence-electron chi connectivity index (χ3n) is 2.66. The first kappa shape index (κ1) is 12.1. The van der Waals surface area contributed by atoms with Crippen molar-refractivity contribution in [3.8, 4) is 11.1 Å². The molecule has 0 bridgehead atoms. The maximum Gasteiger partial charge on any atom is 0.115 e. The largest absolute Gasteiger partial charge is 0.244 e. The Kier molecular flexibility index (Phi) is 4.15. The van der Waals surface area contributed by atoms with Gasteiger partial charge < -0.3 is 0 Å². The van der Waals surface area contributed by atoms with E-state index in [1.807, 2.05) is 24.2 Å². The number of hydrogen-bond acceptors (Lipinski definition) is 3. The molecule has 2 nitrogen and oxygen atoms in total. The van der Waals surface area contributed by atoms with Crippen molar-refractivity contribution in [3.63, 3.8) is 0 Å². The third-order valence-corrected chi connectivity index (χ3v) is 3.94. The highest BCUT2D eigenvalue weighted by molar-refractivity contribution is 7.99. The van der Waals surface area contributed by atoms with E-state index in [-0.39, 0.29) is 0 Å². The Morgan fingerprint density at radius 2 is 1.71 bits per heavy atom. The fraction of sp³-hybridized carbons (Fsp3) is 0.286. The van der Waals surface area contributed by atoms with Crippen LogP contribution < -0.4 is 0 Å². The van der Waals surface area contributed by atoms with E-state index in [1.54, 1.807) is 6.33 Å². The van der Waals surface area contributed by atoms with Gasteiger partial charge in [0.25, 0.3) is 0 Å². The first-order chi connectivity index (χ1) is 8.29. The summed E-state index contributed by atoms with van der Waals surface area (Å²) in [5.41, 5.74) is 2.23. The summed E-state index contributed by atoms with van der Waals surface area (Å²) in [6.07, 6.45) is 6.42. The summed E-state index contributed by atoms with van der Waals surface area (Å²) < 4.78 is 0. The maximum atomic E-state index is 4.03. The normalized spacial score (nSPS) is 12.4. The van der Waals surface area contributed by atoms with Crippen molar-refractivity contribution < 1.29 is 0 Å². The number of nitrogens with zero attached hydrogens (tertiary/aromatic N) is 2. The molecule has 17 heavy (non-hydrogen) atoms. The van der Waals surface area contributed by atoms with Crippen LogP contribution in [0.5, 0.6) is 0 Å². The number of hydrogen-bond donors (Lipinski definition) is 0. The SMILES string of the molecule is CCC(C)Sc1ccc(-c2cncnc2)cc1. The molecule has 1 aromatic carbocycles. The Bertz CT molecular complexity index is 453. The van der Waals surface area contributed by atoms with Gasteiger partial charge in [-0.1, -0.05) is 26.0 Å². The van der Waals surface area contributed by atoms with Gasteiger partial charge in [-0.2, -0.15) is 0 Å². The molecule has 0 spiro atoms. The summed E-state index contributed by atoms with van der Waals surface area (Å²) in [4.78, 5) is 9.38. The van der Waals surface area contributed by atoms with Crippen LogP contribution in [0.3, 0.4) is 0 Å². The van der Waals surface area contributed by atoms with Crippen LogP contribution in [0.15, 0.2) is 47.9 Å². The van der Waals surface area contributed by atoms with Gasteiger partial charge >= 0.3 is 0 Å². The van der Waals surface area contributed by atoms with Crippen LogP contribution in [0, 0.1) is 0 Å². The van der Waals surface area contributed by atoms with E-state index >= 15 is 0 Å². The molecule has 0 saturated heterocycles. The van der Waals surface area contributed by atoms with E-state index in [1.165, 1.54) is 16.9 Å². The van der Waals surface area contributed by atoms with Crippen molar-refractivity contribution in [2.75, 3.05) is 0 Å². The van der Waals surface area contributed by atoms with Crippen LogP contribution in [0.4, 0.5) is 0 Å². The highest BCUT2D eigenvalue weighted by Gasteiger charge is 2.02. The Hall–Kier alpha value is -1.35. The molecular formula is C14H16N2S. The molecule has 0 N–H and O–H groups in total. The number of aromatic nitrogens is 2. The summed E-state index contributed by atoms with van der Waals surface area (Å²) in [7, 11) is 0. The van der Waals surface area contributed by atoms with Gasteiger partial charge in [-0.25, -0.2) is 9.97 Å². The first-order valence-corrected chi connectivity index (χ1v) is 6.69. The predicted molar refractivity (Wildman–Crippen MR) is 73.1 cm³/mol. The van der Waals surface area contributed by atoms with Crippen LogP contribution in [0.1, 0.15) is 20.3 Å². The fourth-order valence-electron chi connectivity index (χ4n) is 1.49. The number of rotatable bonds is 4. The Balaban J connectivity index is 2.13. The molecule has 2 rings (SSSR count). The highest BCUT2D eigenvalue weighted by Crippen LogP contribution is 2.27. The minimum atomic E-state index is 0.668. The smallest absolute Gasteiger partial charge is 0.115 e. The van der Waals surface area contributed by atoms with Crippen molar-refractivity contribution >= 4 is 11.8 Å². The van der Waals surface area contributed by atoms with Gasteiger partial charge in [0.15, 0.2) is 0 Å². The topological polar surface area (TPSA) is 25.8 Å². The van der Waals surface area contributed by atoms with Crippen molar-refractivity contribution in [1.29, 1.82) is 0 Å². The van der Waals surface area contributed by atoms with E-state index in [0.717, 1.165) is 5.56 Å². The summed E-state index contributed by atoms with van der Waals surface area (Å²) in [6.45, 7) is 4.47. The Morgan fingerprint density at radius 3 is 2.29 bits per heavy atom. The summed E-state index contributed by atoms with van der Waals surface area (Å²) in [5.74, 6) is 0. The lowest BCUT2D eigenvalue weighted by atomic mass is 10.1. The molecule has 0 aliphatic rings. The molecule has 0 fully saturated rings. The lowest BCUT2D eigenvalue weighted by Gasteiger charge is -2.08. The first-order valence-electron chi connectivity index (χ1n) is 5.81.